The SMILES string of the molecule is COc1ccc(Cl)cc1C(=O)OCC(=O)N[C@@](C)(C#N)C(C)C. The average molecular weight is 339 g/mol. The number of halogens is 1. The van der Waals surface area contributed by atoms with Gasteiger partial charge in [0.25, 0.3) is 5.91 Å². The number of nitrogens with zero attached hydrogens (tertiary/aromatic N) is 1. The number of carbonyl (C=O) groups excluding carboxylic acids is 2. The summed E-state index contributed by atoms with van der Waals surface area (Å²) in [5.41, 5.74) is -0.906. The van der Waals surface area contributed by atoms with Crippen molar-refractivity contribution in [1.82, 2.24) is 5.32 Å². The highest BCUT2D eigenvalue weighted by atomic mass is 35.5. The monoisotopic (exact) mass is 338 g/mol. The predicted molar refractivity (Wildman–Crippen MR) is 85.3 cm³/mol. The highest BCUT2D eigenvalue weighted by Gasteiger charge is 2.30. The van der Waals surface area contributed by atoms with Gasteiger partial charge in [0, 0.05) is 5.02 Å². The number of ether oxygens (including phenoxy) is 2. The Bertz CT molecular complexity index is 639. The fraction of sp³-hybridized carbons (Fsp3) is 0.438. The minimum absolute atomic E-state index is 0.0971. The van der Waals surface area contributed by atoms with Crippen molar-refractivity contribution in [2.24, 2.45) is 5.92 Å². The number of amides is 1. The Morgan fingerprint density at radius 2 is 2.09 bits per heavy atom. The molecule has 1 rings (SSSR count). The van der Waals surface area contributed by atoms with Crippen LogP contribution >= 0.6 is 11.6 Å². The zero-order chi connectivity index (χ0) is 17.6. The number of esters is 1. The van der Waals surface area contributed by atoms with Crippen LogP contribution in [0, 0.1) is 17.2 Å². The molecule has 1 aromatic rings. The van der Waals surface area contributed by atoms with Gasteiger partial charge in [-0.25, -0.2) is 4.79 Å². The van der Waals surface area contributed by atoms with Gasteiger partial charge in [-0.2, -0.15) is 5.26 Å². The molecule has 0 saturated carbocycles. The number of rotatable bonds is 6. The van der Waals surface area contributed by atoms with Gasteiger partial charge < -0.3 is 14.8 Å². The lowest BCUT2D eigenvalue weighted by Crippen LogP contribution is -2.50. The Balaban J connectivity index is 2.72. The third-order valence-corrected chi connectivity index (χ3v) is 3.74. The molecule has 7 heteroatoms. The van der Waals surface area contributed by atoms with Crippen LogP contribution in [0.5, 0.6) is 5.75 Å². The molecule has 23 heavy (non-hydrogen) atoms. The molecule has 0 radical (unpaired) electrons. The summed E-state index contributed by atoms with van der Waals surface area (Å²) in [6, 6.07) is 6.55. The van der Waals surface area contributed by atoms with Crippen molar-refractivity contribution in [2.45, 2.75) is 26.3 Å². The van der Waals surface area contributed by atoms with E-state index in [2.05, 4.69) is 5.32 Å². The maximum atomic E-state index is 12.0. The van der Waals surface area contributed by atoms with Gasteiger partial charge in [-0.15, -0.1) is 0 Å². The molecule has 0 spiro atoms. The first kappa shape index (κ1) is 18.8. The van der Waals surface area contributed by atoms with E-state index in [4.69, 9.17) is 26.3 Å². The summed E-state index contributed by atoms with van der Waals surface area (Å²) in [5.74, 6) is -1.09. The number of hydrogen-bond acceptors (Lipinski definition) is 5. The molecule has 0 bridgehead atoms. The Morgan fingerprint density at radius 3 is 2.61 bits per heavy atom. The first-order valence-corrected chi connectivity index (χ1v) is 7.34. The van der Waals surface area contributed by atoms with E-state index in [0.29, 0.717) is 10.8 Å². The quantitative estimate of drug-likeness (QED) is 0.805. The number of benzene rings is 1. The summed E-state index contributed by atoms with van der Waals surface area (Å²) in [6.07, 6.45) is 0. The first-order chi connectivity index (χ1) is 10.7. The molecule has 1 atom stereocenters. The lowest BCUT2D eigenvalue weighted by Gasteiger charge is -2.27. The van der Waals surface area contributed by atoms with Crippen LogP contribution in [0.4, 0.5) is 0 Å². The standard InChI is InChI=1S/C16H19ClN2O4/c1-10(2)16(3,9-18)19-14(20)8-23-15(21)12-7-11(17)5-6-13(12)22-4/h5-7,10H,8H2,1-4H3,(H,19,20)/t16-/m0/s1. The molecular formula is C16H19ClN2O4. The summed E-state index contributed by atoms with van der Waals surface area (Å²) in [6.45, 7) is 4.73. The molecule has 0 saturated heterocycles. The van der Waals surface area contributed by atoms with Crippen LogP contribution in [0.2, 0.25) is 5.02 Å². The Kier molecular flexibility index (Phi) is 6.40. The smallest absolute Gasteiger partial charge is 0.342 e. The Hall–Kier alpha value is -2.26. The van der Waals surface area contributed by atoms with Crippen molar-refractivity contribution in [1.29, 1.82) is 5.26 Å². The second-order valence-electron chi connectivity index (χ2n) is 5.44. The summed E-state index contributed by atoms with van der Waals surface area (Å²) in [5, 5.41) is 12.1. The van der Waals surface area contributed by atoms with Gasteiger partial charge >= 0.3 is 5.97 Å². The van der Waals surface area contributed by atoms with Crippen molar-refractivity contribution in [3.8, 4) is 11.8 Å². The summed E-state index contributed by atoms with van der Waals surface area (Å²) < 4.78 is 10.0. The highest BCUT2D eigenvalue weighted by molar-refractivity contribution is 6.31. The molecule has 124 valence electrons. The molecular weight excluding hydrogens is 320 g/mol. The van der Waals surface area contributed by atoms with Crippen molar-refractivity contribution in [2.75, 3.05) is 13.7 Å². The minimum Gasteiger partial charge on any atom is -0.496 e. The van der Waals surface area contributed by atoms with Gasteiger partial charge in [0.2, 0.25) is 0 Å². The first-order valence-electron chi connectivity index (χ1n) is 6.96. The third-order valence-electron chi connectivity index (χ3n) is 3.50. The predicted octanol–water partition coefficient (Wildman–Crippen LogP) is 2.56. The van der Waals surface area contributed by atoms with E-state index in [9.17, 15) is 9.59 Å². The van der Waals surface area contributed by atoms with Crippen molar-refractivity contribution in [3.63, 3.8) is 0 Å². The van der Waals surface area contributed by atoms with Gasteiger partial charge in [-0.3, -0.25) is 4.79 Å². The summed E-state index contributed by atoms with van der Waals surface area (Å²) in [7, 11) is 1.41. The summed E-state index contributed by atoms with van der Waals surface area (Å²) >= 11 is 5.84. The normalized spacial score (nSPS) is 12.9. The molecule has 6 nitrogen and oxygen atoms in total. The fourth-order valence-corrected chi connectivity index (χ4v) is 1.85. The van der Waals surface area contributed by atoms with Gasteiger partial charge in [-0.1, -0.05) is 25.4 Å². The van der Waals surface area contributed by atoms with E-state index < -0.39 is 24.0 Å². The fourth-order valence-electron chi connectivity index (χ4n) is 1.68. The lowest BCUT2D eigenvalue weighted by molar-refractivity contribution is -0.125. The van der Waals surface area contributed by atoms with Gasteiger partial charge in [-0.05, 0) is 31.0 Å². The maximum Gasteiger partial charge on any atom is 0.342 e. The maximum absolute atomic E-state index is 12.0. The number of nitriles is 1. The molecule has 0 fully saturated rings. The van der Waals surface area contributed by atoms with Crippen molar-refractivity contribution >= 4 is 23.5 Å². The molecule has 0 aliphatic carbocycles. The Labute approximate surface area is 140 Å². The molecule has 1 N–H and O–H groups in total. The van der Waals surface area contributed by atoms with Crippen LogP contribution in [0.3, 0.4) is 0 Å². The average Bonchev–Trinajstić information content (AvgIpc) is 2.52. The van der Waals surface area contributed by atoms with Crippen LogP contribution in [0.25, 0.3) is 0 Å². The van der Waals surface area contributed by atoms with Crippen LogP contribution in [0.15, 0.2) is 18.2 Å². The molecule has 0 aromatic heterocycles. The van der Waals surface area contributed by atoms with E-state index >= 15 is 0 Å². The molecule has 0 aliphatic heterocycles. The van der Waals surface area contributed by atoms with Crippen LogP contribution in [-0.4, -0.2) is 31.1 Å². The van der Waals surface area contributed by atoms with E-state index in [1.807, 2.05) is 19.9 Å². The molecule has 0 unspecified atom stereocenters. The van der Waals surface area contributed by atoms with Crippen molar-refractivity contribution < 1.29 is 19.1 Å². The van der Waals surface area contributed by atoms with E-state index in [1.165, 1.54) is 19.2 Å². The number of nitrogens with one attached hydrogen (secondary N) is 1. The van der Waals surface area contributed by atoms with E-state index in [1.54, 1.807) is 13.0 Å². The zero-order valence-electron chi connectivity index (χ0n) is 13.5. The number of carbonyl (C=O) groups is 2. The van der Waals surface area contributed by atoms with Gasteiger partial charge in [0.1, 0.15) is 16.9 Å². The highest BCUT2D eigenvalue weighted by Crippen LogP contribution is 2.23. The van der Waals surface area contributed by atoms with Crippen LogP contribution in [-0.2, 0) is 9.53 Å². The number of hydrogen-bond donors (Lipinski definition) is 1. The molecule has 1 amide bonds. The Morgan fingerprint density at radius 1 is 1.43 bits per heavy atom. The van der Waals surface area contributed by atoms with E-state index in [0.717, 1.165) is 0 Å². The second-order valence-corrected chi connectivity index (χ2v) is 5.87. The largest absolute Gasteiger partial charge is 0.496 e. The minimum atomic E-state index is -1.03. The lowest BCUT2D eigenvalue weighted by atomic mass is 9.90. The van der Waals surface area contributed by atoms with Gasteiger partial charge in [0.15, 0.2) is 6.61 Å². The second kappa shape index (κ2) is 7.84. The van der Waals surface area contributed by atoms with Crippen LogP contribution in [0.1, 0.15) is 31.1 Å². The summed E-state index contributed by atoms with van der Waals surface area (Å²) in [4.78, 5) is 23.9. The van der Waals surface area contributed by atoms with Crippen molar-refractivity contribution in [3.05, 3.63) is 28.8 Å². The number of methoxy groups -OCH3 is 1. The van der Waals surface area contributed by atoms with Crippen LogP contribution < -0.4 is 10.1 Å². The third kappa shape index (κ3) is 4.86. The molecule has 0 aliphatic rings. The molecule has 0 heterocycles. The molecule has 1 aromatic carbocycles. The van der Waals surface area contributed by atoms with Gasteiger partial charge in [0.05, 0.1) is 13.2 Å². The van der Waals surface area contributed by atoms with E-state index in [-0.39, 0.29) is 11.5 Å². The topological polar surface area (TPSA) is 88.4 Å². The zero-order valence-corrected chi connectivity index (χ0v) is 14.2.